The number of amides is 2. The van der Waals surface area contributed by atoms with Gasteiger partial charge in [-0.15, -0.1) is 0 Å². The number of hydrogen-bond acceptors (Lipinski definition) is 2. The molecule has 0 bridgehead atoms. The second-order valence-electron chi connectivity index (χ2n) is 4.87. The van der Waals surface area contributed by atoms with Crippen molar-refractivity contribution in [1.82, 2.24) is 0 Å². The maximum atomic E-state index is 13.2. The number of carbonyl (C=O) groups is 2. The number of benzene rings is 1. The molecule has 2 amide bonds. The Bertz CT molecular complexity index is 547. The molecule has 0 spiro atoms. The molecular formula is C13H10BrClFNO2. The summed E-state index contributed by atoms with van der Waals surface area (Å²) in [5.41, 5.74) is 0.257. The first-order chi connectivity index (χ1) is 9.00. The van der Waals surface area contributed by atoms with Crippen LogP contribution in [0.2, 0.25) is 5.02 Å². The number of rotatable bonds is 1. The number of fused-ring (bicyclic) bond motifs is 1. The van der Waals surface area contributed by atoms with Crippen LogP contribution >= 0.6 is 27.5 Å². The van der Waals surface area contributed by atoms with E-state index in [1.54, 1.807) is 0 Å². The molecule has 1 aliphatic carbocycles. The molecule has 2 fully saturated rings. The number of carbonyl (C=O) groups excluding carboxylic acids is 2. The van der Waals surface area contributed by atoms with Crippen molar-refractivity contribution >= 4 is 45.0 Å². The van der Waals surface area contributed by atoms with Gasteiger partial charge in [-0.3, -0.25) is 9.59 Å². The summed E-state index contributed by atoms with van der Waals surface area (Å²) in [4.78, 5) is 25.7. The lowest BCUT2D eigenvalue weighted by Gasteiger charge is -2.19. The van der Waals surface area contributed by atoms with Gasteiger partial charge in [0.15, 0.2) is 0 Å². The molecule has 1 heterocycles. The van der Waals surface area contributed by atoms with Gasteiger partial charge < -0.3 is 0 Å². The molecule has 1 aliphatic heterocycles. The van der Waals surface area contributed by atoms with Crippen LogP contribution < -0.4 is 4.90 Å². The van der Waals surface area contributed by atoms with Gasteiger partial charge in [0, 0.05) is 4.47 Å². The van der Waals surface area contributed by atoms with Crippen LogP contribution in [0, 0.1) is 17.7 Å². The van der Waals surface area contributed by atoms with Crippen molar-refractivity contribution < 1.29 is 14.0 Å². The molecule has 1 aromatic carbocycles. The molecule has 0 radical (unpaired) electrons. The molecule has 3 nitrogen and oxygen atoms in total. The van der Waals surface area contributed by atoms with Gasteiger partial charge in [0.2, 0.25) is 11.8 Å². The summed E-state index contributed by atoms with van der Waals surface area (Å²) >= 11 is 9.16. The second kappa shape index (κ2) is 4.56. The predicted molar refractivity (Wildman–Crippen MR) is 72.4 cm³/mol. The summed E-state index contributed by atoms with van der Waals surface area (Å²) in [7, 11) is 0. The first kappa shape index (κ1) is 13.1. The van der Waals surface area contributed by atoms with Gasteiger partial charge in [-0.1, -0.05) is 18.0 Å². The zero-order valence-electron chi connectivity index (χ0n) is 9.83. The normalized spacial score (nSPS) is 26.2. The summed E-state index contributed by atoms with van der Waals surface area (Å²) < 4.78 is 13.5. The lowest BCUT2D eigenvalue weighted by Crippen LogP contribution is -2.32. The third kappa shape index (κ3) is 1.91. The molecule has 2 atom stereocenters. The Morgan fingerprint density at radius 1 is 1.21 bits per heavy atom. The van der Waals surface area contributed by atoms with E-state index in [1.165, 1.54) is 6.07 Å². The third-order valence-electron chi connectivity index (χ3n) is 3.80. The number of anilines is 1. The lowest BCUT2D eigenvalue weighted by atomic mass is 10.00. The number of hydrogen-bond donors (Lipinski definition) is 0. The Morgan fingerprint density at radius 2 is 1.79 bits per heavy atom. The van der Waals surface area contributed by atoms with Crippen molar-refractivity contribution in [2.75, 3.05) is 4.90 Å². The minimum Gasteiger partial charge on any atom is -0.274 e. The smallest absolute Gasteiger partial charge is 0.237 e. The van der Waals surface area contributed by atoms with E-state index >= 15 is 0 Å². The summed E-state index contributed by atoms with van der Waals surface area (Å²) in [6.07, 6.45) is 2.38. The second-order valence-corrected chi connectivity index (χ2v) is 6.14. The molecular weight excluding hydrogens is 337 g/mol. The van der Waals surface area contributed by atoms with Crippen molar-refractivity contribution in [3.63, 3.8) is 0 Å². The Balaban J connectivity index is 2.08. The van der Waals surface area contributed by atoms with Gasteiger partial charge in [0.25, 0.3) is 0 Å². The van der Waals surface area contributed by atoms with Crippen molar-refractivity contribution in [3.05, 3.63) is 27.4 Å². The Kier molecular flexibility index (Phi) is 3.14. The predicted octanol–water partition coefficient (Wildman–Crippen LogP) is 3.53. The van der Waals surface area contributed by atoms with Gasteiger partial charge in [-0.05, 0) is 40.9 Å². The average molecular weight is 347 g/mol. The molecule has 2 aliphatic rings. The SMILES string of the molecule is O=C1C2CCCC2C(=O)N1c1c(Cl)cc(F)cc1Br. The van der Waals surface area contributed by atoms with Crippen molar-refractivity contribution in [1.29, 1.82) is 0 Å². The zero-order chi connectivity index (χ0) is 13.7. The van der Waals surface area contributed by atoms with Crippen LogP contribution in [0.1, 0.15) is 19.3 Å². The van der Waals surface area contributed by atoms with Gasteiger partial charge in [0.1, 0.15) is 5.82 Å². The number of imide groups is 1. The highest BCUT2D eigenvalue weighted by Crippen LogP contribution is 2.45. The minimum atomic E-state index is -0.514. The molecule has 19 heavy (non-hydrogen) atoms. The van der Waals surface area contributed by atoms with Gasteiger partial charge in [0.05, 0.1) is 22.5 Å². The van der Waals surface area contributed by atoms with Crippen LogP contribution in [0.25, 0.3) is 0 Å². The molecule has 1 aromatic rings. The molecule has 0 N–H and O–H groups in total. The number of nitrogens with zero attached hydrogens (tertiary/aromatic N) is 1. The van der Waals surface area contributed by atoms with Crippen LogP contribution in [-0.2, 0) is 9.59 Å². The fraction of sp³-hybridized carbons (Fsp3) is 0.385. The standard InChI is InChI=1S/C13H10BrClFNO2/c14-9-4-6(16)5-10(15)11(9)17-12(18)7-2-1-3-8(7)13(17)19/h4-5,7-8H,1-3H2. The van der Waals surface area contributed by atoms with E-state index in [0.29, 0.717) is 4.47 Å². The summed E-state index contributed by atoms with van der Waals surface area (Å²) in [5, 5.41) is 0.0635. The van der Waals surface area contributed by atoms with Gasteiger partial charge in [-0.2, -0.15) is 0 Å². The van der Waals surface area contributed by atoms with Gasteiger partial charge in [-0.25, -0.2) is 9.29 Å². The fourth-order valence-corrected chi connectivity index (χ4v) is 3.97. The Hall–Kier alpha value is -0.940. The molecule has 2 unspecified atom stereocenters. The Morgan fingerprint density at radius 3 is 2.32 bits per heavy atom. The highest BCUT2D eigenvalue weighted by molar-refractivity contribution is 9.10. The van der Waals surface area contributed by atoms with Crippen LogP contribution in [0.4, 0.5) is 10.1 Å². The molecule has 1 saturated carbocycles. The van der Waals surface area contributed by atoms with E-state index in [2.05, 4.69) is 15.9 Å². The molecule has 0 aromatic heterocycles. The van der Waals surface area contributed by atoms with E-state index in [0.717, 1.165) is 30.2 Å². The van der Waals surface area contributed by atoms with E-state index in [-0.39, 0.29) is 34.4 Å². The Labute approximate surface area is 122 Å². The lowest BCUT2D eigenvalue weighted by molar-refractivity contribution is -0.122. The highest BCUT2D eigenvalue weighted by atomic mass is 79.9. The monoisotopic (exact) mass is 345 g/mol. The molecule has 3 rings (SSSR count). The largest absolute Gasteiger partial charge is 0.274 e. The van der Waals surface area contributed by atoms with Crippen LogP contribution in [0.5, 0.6) is 0 Å². The van der Waals surface area contributed by atoms with Crippen molar-refractivity contribution in [2.24, 2.45) is 11.8 Å². The van der Waals surface area contributed by atoms with Crippen LogP contribution in [0.3, 0.4) is 0 Å². The summed E-state index contributed by atoms with van der Waals surface area (Å²) in [6, 6.07) is 2.31. The maximum Gasteiger partial charge on any atom is 0.237 e. The first-order valence-electron chi connectivity index (χ1n) is 6.03. The summed E-state index contributed by atoms with van der Waals surface area (Å²) in [5.74, 6) is -1.43. The number of halogens is 3. The average Bonchev–Trinajstić information content (AvgIpc) is 2.87. The van der Waals surface area contributed by atoms with Gasteiger partial charge >= 0.3 is 0 Å². The third-order valence-corrected chi connectivity index (χ3v) is 4.69. The van der Waals surface area contributed by atoms with E-state index in [1.807, 2.05) is 0 Å². The maximum absolute atomic E-state index is 13.2. The quantitative estimate of drug-likeness (QED) is 0.730. The van der Waals surface area contributed by atoms with E-state index < -0.39 is 5.82 Å². The van der Waals surface area contributed by atoms with Crippen molar-refractivity contribution in [3.8, 4) is 0 Å². The van der Waals surface area contributed by atoms with E-state index in [9.17, 15) is 14.0 Å². The van der Waals surface area contributed by atoms with Crippen molar-refractivity contribution in [2.45, 2.75) is 19.3 Å². The molecule has 100 valence electrons. The fourth-order valence-electron chi connectivity index (χ4n) is 2.96. The van der Waals surface area contributed by atoms with Crippen LogP contribution in [-0.4, -0.2) is 11.8 Å². The minimum absolute atomic E-state index is 0.0635. The van der Waals surface area contributed by atoms with Crippen LogP contribution in [0.15, 0.2) is 16.6 Å². The zero-order valence-corrected chi connectivity index (χ0v) is 12.2. The molecule has 6 heteroatoms. The topological polar surface area (TPSA) is 37.4 Å². The highest BCUT2D eigenvalue weighted by Gasteiger charge is 2.51. The molecule has 1 saturated heterocycles. The van der Waals surface area contributed by atoms with E-state index in [4.69, 9.17) is 11.6 Å². The first-order valence-corrected chi connectivity index (χ1v) is 7.20. The summed E-state index contributed by atoms with van der Waals surface area (Å²) in [6.45, 7) is 0.